The predicted molar refractivity (Wildman–Crippen MR) is 72.0 cm³/mol. The Morgan fingerprint density at radius 3 is 2.67 bits per heavy atom. The number of hydrogen-bond donors (Lipinski definition) is 2. The Bertz CT molecular complexity index is 374. The lowest BCUT2D eigenvalue weighted by Gasteiger charge is -2.24. The first-order chi connectivity index (χ1) is 8.75. The summed E-state index contributed by atoms with van der Waals surface area (Å²) in [6.45, 7) is 0. The zero-order valence-electron chi connectivity index (χ0n) is 10.6. The third-order valence-corrected chi connectivity index (χ3v) is 3.60. The first-order valence-corrected chi connectivity index (χ1v) is 6.72. The molecule has 4 nitrogen and oxygen atoms in total. The number of carbonyl (C=O) groups is 1. The van der Waals surface area contributed by atoms with Gasteiger partial charge >= 0.3 is 0 Å². The molecule has 0 bridgehead atoms. The van der Waals surface area contributed by atoms with Crippen LogP contribution in [0.3, 0.4) is 0 Å². The van der Waals surface area contributed by atoms with Crippen LogP contribution in [-0.4, -0.2) is 16.9 Å². The second-order valence-corrected chi connectivity index (χ2v) is 5.07. The number of carbonyl (C=O) groups excluding carboxylic acids is 1. The third kappa shape index (κ3) is 3.81. The van der Waals surface area contributed by atoms with Crippen molar-refractivity contribution in [3.63, 3.8) is 0 Å². The fraction of sp³-hybridized carbons (Fsp3) is 0.571. The Labute approximate surface area is 108 Å². The van der Waals surface area contributed by atoms with Crippen LogP contribution in [0.15, 0.2) is 24.5 Å². The Morgan fingerprint density at radius 1 is 1.33 bits per heavy atom. The van der Waals surface area contributed by atoms with Gasteiger partial charge in [0.1, 0.15) is 0 Å². The van der Waals surface area contributed by atoms with Crippen LogP contribution in [0, 0.1) is 5.92 Å². The van der Waals surface area contributed by atoms with Crippen LogP contribution in [-0.2, 0) is 4.79 Å². The molecule has 0 spiro atoms. The highest BCUT2D eigenvalue weighted by atomic mass is 16.2. The van der Waals surface area contributed by atoms with Crippen molar-refractivity contribution in [2.45, 2.75) is 44.6 Å². The maximum absolute atomic E-state index is 11.9. The van der Waals surface area contributed by atoms with Gasteiger partial charge in [-0.1, -0.05) is 32.1 Å². The molecule has 2 rings (SSSR count). The van der Waals surface area contributed by atoms with Crippen molar-refractivity contribution in [1.82, 2.24) is 4.98 Å². The van der Waals surface area contributed by atoms with E-state index in [1.807, 2.05) is 0 Å². The van der Waals surface area contributed by atoms with Crippen LogP contribution in [0.25, 0.3) is 0 Å². The average molecular weight is 247 g/mol. The van der Waals surface area contributed by atoms with Gasteiger partial charge in [0, 0.05) is 18.1 Å². The summed E-state index contributed by atoms with van der Waals surface area (Å²) >= 11 is 0. The molecule has 1 aromatic rings. The summed E-state index contributed by atoms with van der Waals surface area (Å²) in [5.41, 5.74) is 6.73. The lowest BCUT2D eigenvalue weighted by Crippen LogP contribution is -2.37. The largest absolute Gasteiger partial charge is 0.325 e. The van der Waals surface area contributed by atoms with Crippen molar-refractivity contribution in [2.75, 3.05) is 5.32 Å². The zero-order valence-corrected chi connectivity index (χ0v) is 10.6. The van der Waals surface area contributed by atoms with Crippen molar-refractivity contribution in [3.05, 3.63) is 24.5 Å². The Hall–Kier alpha value is -1.42. The van der Waals surface area contributed by atoms with E-state index in [-0.39, 0.29) is 5.91 Å². The monoisotopic (exact) mass is 247 g/mol. The molecular weight excluding hydrogens is 226 g/mol. The molecule has 1 atom stereocenters. The van der Waals surface area contributed by atoms with Gasteiger partial charge in [-0.15, -0.1) is 0 Å². The average Bonchev–Trinajstić information content (AvgIpc) is 2.41. The Kier molecular flexibility index (Phi) is 4.70. The van der Waals surface area contributed by atoms with Gasteiger partial charge in [0.15, 0.2) is 0 Å². The summed E-state index contributed by atoms with van der Waals surface area (Å²) in [6, 6.07) is 3.14. The fourth-order valence-electron chi connectivity index (χ4n) is 2.56. The fourth-order valence-corrected chi connectivity index (χ4v) is 2.56. The van der Waals surface area contributed by atoms with Crippen molar-refractivity contribution in [2.24, 2.45) is 11.7 Å². The van der Waals surface area contributed by atoms with Gasteiger partial charge in [0.2, 0.25) is 5.91 Å². The molecular formula is C14H21N3O. The number of hydrogen-bond acceptors (Lipinski definition) is 3. The molecule has 1 amide bonds. The minimum absolute atomic E-state index is 0.0910. The topological polar surface area (TPSA) is 68.0 Å². The van der Waals surface area contributed by atoms with Crippen molar-refractivity contribution in [1.29, 1.82) is 0 Å². The predicted octanol–water partition coefficient (Wildman–Crippen LogP) is 2.32. The van der Waals surface area contributed by atoms with Crippen LogP contribution in [0.4, 0.5) is 5.69 Å². The van der Waals surface area contributed by atoms with Crippen LogP contribution in [0.1, 0.15) is 38.5 Å². The lowest BCUT2D eigenvalue weighted by molar-refractivity contribution is -0.117. The maximum Gasteiger partial charge on any atom is 0.241 e. The molecule has 1 heterocycles. The van der Waals surface area contributed by atoms with Gasteiger partial charge in [0.25, 0.3) is 0 Å². The molecule has 4 heteroatoms. The highest BCUT2D eigenvalue weighted by molar-refractivity contribution is 5.94. The molecule has 0 saturated heterocycles. The van der Waals surface area contributed by atoms with Crippen LogP contribution >= 0.6 is 0 Å². The molecule has 1 aliphatic carbocycles. The molecule has 0 aliphatic heterocycles. The molecule has 1 aliphatic rings. The van der Waals surface area contributed by atoms with E-state index in [9.17, 15) is 4.79 Å². The van der Waals surface area contributed by atoms with Crippen molar-refractivity contribution in [3.8, 4) is 0 Å². The van der Waals surface area contributed by atoms with Crippen LogP contribution in [0.5, 0.6) is 0 Å². The zero-order chi connectivity index (χ0) is 12.8. The number of nitrogens with one attached hydrogen (secondary N) is 1. The molecule has 1 fully saturated rings. The number of nitrogens with two attached hydrogens (primary N) is 1. The standard InChI is InChI=1S/C14H21N3O/c15-13(10-11-4-2-1-3-5-11)14(18)17-12-6-8-16-9-7-12/h6-9,11,13H,1-5,10,15H2,(H,16,17,18). The number of rotatable bonds is 4. The number of nitrogens with zero attached hydrogens (tertiary/aromatic N) is 1. The summed E-state index contributed by atoms with van der Waals surface area (Å²) in [6.07, 6.45) is 10.4. The SMILES string of the molecule is NC(CC1CCCCC1)C(=O)Nc1ccncc1. The van der Waals surface area contributed by atoms with Crippen LogP contribution < -0.4 is 11.1 Å². The quantitative estimate of drug-likeness (QED) is 0.858. The second kappa shape index (κ2) is 6.50. The molecule has 98 valence electrons. The Balaban J connectivity index is 1.81. The molecule has 0 radical (unpaired) electrons. The maximum atomic E-state index is 11.9. The smallest absolute Gasteiger partial charge is 0.241 e. The minimum atomic E-state index is -0.402. The van der Waals surface area contributed by atoms with E-state index in [0.717, 1.165) is 12.1 Å². The van der Waals surface area contributed by atoms with Crippen molar-refractivity contribution < 1.29 is 4.79 Å². The number of pyridine rings is 1. The summed E-state index contributed by atoms with van der Waals surface area (Å²) in [4.78, 5) is 15.8. The van der Waals surface area contributed by atoms with Gasteiger partial charge in [-0.25, -0.2) is 0 Å². The first-order valence-electron chi connectivity index (χ1n) is 6.72. The lowest BCUT2D eigenvalue weighted by atomic mass is 9.85. The van der Waals surface area contributed by atoms with E-state index in [1.54, 1.807) is 24.5 Å². The van der Waals surface area contributed by atoms with Gasteiger partial charge in [-0.05, 0) is 24.5 Å². The molecule has 1 unspecified atom stereocenters. The summed E-state index contributed by atoms with van der Waals surface area (Å²) in [5.74, 6) is 0.531. The van der Waals surface area contributed by atoms with E-state index >= 15 is 0 Å². The number of amides is 1. The van der Waals surface area contributed by atoms with E-state index in [4.69, 9.17) is 5.73 Å². The molecule has 3 N–H and O–H groups in total. The molecule has 1 aromatic heterocycles. The van der Waals surface area contributed by atoms with E-state index in [2.05, 4.69) is 10.3 Å². The Morgan fingerprint density at radius 2 is 2.00 bits per heavy atom. The molecule has 18 heavy (non-hydrogen) atoms. The summed E-state index contributed by atoms with van der Waals surface area (Å²) < 4.78 is 0. The number of anilines is 1. The van der Waals surface area contributed by atoms with Crippen LogP contribution in [0.2, 0.25) is 0 Å². The van der Waals surface area contributed by atoms with Gasteiger partial charge < -0.3 is 11.1 Å². The number of aromatic nitrogens is 1. The summed E-state index contributed by atoms with van der Waals surface area (Å²) in [7, 11) is 0. The normalized spacial score (nSPS) is 18.3. The van der Waals surface area contributed by atoms with Gasteiger partial charge in [0.05, 0.1) is 6.04 Å². The van der Waals surface area contributed by atoms with Gasteiger partial charge in [-0.3, -0.25) is 9.78 Å². The highest BCUT2D eigenvalue weighted by Gasteiger charge is 2.21. The van der Waals surface area contributed by atoms with E-state index < -0.39 is 6.04 Å². The molecule has 0 aromatic carbocycles. The van der Waals surface area contributed by atoms with E-state index in [1.165, 1.54) is 32.1 Å². The highest BCUT2D eigenvalue weighted by Crippen LogP contribution is 2.27. The minimum Gasteiger partial charge on any atom is -0.325 e. The molecule has 1 saturated carbocycles. The third-order valence-electron chi connectivity index (χ3n) is 3.60. The summed E-state index contributed by atoms with van der Waals surface area (Å²) in [5, 5.41) is 2.83. The first kappa shape index (κ1) is 13.0. The van der Waals surface area contributed by atoms with Crippen molar-refractivity contribution >= 4 is 11.6 Å². The van der Waals surface area contributed by atoms with E-state index in [0.29, 0.717) is 5.92 Å². The van der Waals surface area contributed by atoms with Gasteiger partial charge in [-0.2, -0.15) is 0 Å². The second-order valence-electron chi connectivity index (χ2n) is 5.07.